The molecule has 0 radical (unpaired) electrons. The number of nitrogens with one attached hydrogen (secondary N) is 1. The van der Waals surface area contributed by atoms with Gasteiger partial charge in [0.05, 0.1) is 4.90 Å². The number of hydrogen-bond acceptors (Lipinski definition) is 4. The molecule has 0 bridgehead atoms. The van der Waals surface area contributed by atoms with Crippen LogP contribution in [0, 0.1) is 0 Å². The van der Waals surface area contributed by atoms with E-state index in [4.69, 9.17) is 0 Å². The number of benzene rings is 1. The number of fused-ring (bicyclic) bond motifs is 1. The van der Waals surface area contributed by atoms with Gasteiger partial charge in [-0.1, -0.05) is 6.07 Å². The van der Waals surface area contributed by atoms with Crippen molar-refractivity contribution in [3.8, 4) is 0 Å². The number of halogens is 2. The van der Waals surface area contributed by atoms with Crippen molar-refractivity contribution in [1.82, 2.24) is 14.6 Å². The number of hydrogen-bond donors (Lipinski definition) is 1. The molecule has 0 saturated carbocycles. The lowest BCUT2D eigenvalue weighted by atomic mass is 10.2. The van der Waals surface area contributed by atoms with E-state index in [-0.39, 0.29) is 30.9 Å². The van der Waals surface area contributed by atoms with Crippen molar-refractivity contribution in [2.75, 3.05) is 19.6 Å². The van der Waals surface area contributed by atoms with Crippen molar-refractivity contribution < 1.29 is 8.42 Å². The second kappa shape index (κ2) is 8.26. The number of rotatable bonds is 2. The fraction of sp³-hybridized carbons (Fsp3) is 0.400. The number of aromatic nitrogens is 1. The molecule has 1 N–H and O–H groups in total. The molecule has 1 atom stereocenters. The number of nitrogens with zero attached hydrogens (tertiary/aromatic N) is 2. The summed E-state index contributed by atoms with van der Waals surface area (Å²) < 4.78 is 27.4. The van der Waals surface area contributed by atoms with Gasteiger partial charge in [0.25, 0.3) is 0 Å². The summed E-state index contributed by atoms with van der Waals surface area (Å²) in [7, 11) is -3.45. The Morgan fingerprint density at radius 3 is 2.78 bits per heavy atom. The smallest absolute Gasteiger partial charge is 0.243 e. The summed E-state index contributed by atoms with van der Waals surface area (Å²) in [5.41, 5.74) is 0. The van der Waals surface area contributed by atoms with Gasteiger partial charge in [-0.2, -0.15) is 4.31 Å². The van der Waals surface area contributed by atoms with Crippen LogP contribution in [0.3, 0.4) is 0 Å². The molecule has 3 rings (SSSR count). The van der Waals surface area contributed by atoms with Crippen molar-refractivity contribution in [2.24, 2.45) is 0 Å². The van der Waals surface area contributed by atoms with Gasteiger partial charge in [-0.05, 0) is 43.5 Å². The maximum absolute atomic E-state index is 12.9. The quantitative estimate of drug-likeness (QED) is 0.872. The van der Waals surface area contributed by atoms with Crippen molar-refractivity contribution in [1.29, 1.82) is 0 Å². The molecule has 8 heteroatoms. The molecule has 0 aliphatic carbocycles. The highest BCUT2D eigenvalue weighted by Crippen LogP contribution is 2.23. The molecular formula is C15H21Cl2N3O2S. The predicted octanol–water partition coefficient (Wildman–Crippen LogP) is 2.45. The minimum atomic E-state index is -3.45. The Balaban J connectivity index is 0.00000132. The first kappa shape index (κ1) is 20.1. The second-order valence-electron chi connectivity index (χ2n) is 5.41. The highest BCUT2D eigenvalue weighted by atomic mass is 35.5. The molecule has 1 aliphatic rings. The first-order chi connectivity index (χ1) is 10.1. The third-order valence-electron chi connectivity index (χ3n) is 3.88. The normalized spacial score (nSPS) is 19.4. The first-order valence-corrected chi connectivity index (χ1v) is 8.59. The molecule has 0 unspecified atom stereocenters. The van der Waals surface area contributed by atoms with Crippen LogP contribution in [0.2, 0.25) is 0 Å². The van der Waals surface area contributed by atoms with Gasteiger partial charge in [0.1, 0.15) is 0 Å². The first-order valence-electron chi connectivity index (χ1n) is 7.15. The summed E-state index contributed by atoms with van der Waals surface area (Å²) in [4.78, 5) is 4.41. The van der Waals surface area contributed by atoms with Gasteiger partial charge in [0.15, 0.2) is 0 Å². The van der Waals surface area contributed by atoms with Gasteiger partial charge < -0.3 is 5.32 Å². The molecule has 2 heterocycles. The van der Waals surface area contributed by atoms with E-state index in [1.807, 2.05) is 19.1 Å². The molecule has 1 fully saturated rings. The maximum Gasteiger partial charge on any atom is 0.243 e. The van der Waals surface area contributed by atoms with Crippen LogP contribution in [0.25, 0.3) is 10.8 Å². The summed E-state index contributed by atoms with van der Waals surface area (Å²) in [6.45, 7) is 4.06. The molecule has 0 spiro atoms. The topological polar surface area (TPSA) is 62.3 Å². The van der Waals surface area contributed by atoms with Crippen LogP contribution in [0.15, 0.2) is 41.6 Å². The summed E-state index contributed by atoms with van der Waals surface area (Å²) >= 11 is 0. The highest BCUT2D eigenvalue weighted by Gasteiger charge is 2.29. The number of sulfonamides is 1. The average Bonchev–Trinajstić information content (AvgIpc) is 2.71. The van der Waals surface area contributed by atoms with Crippen LogP contribution < -0.4 is 5.32 Å². The number of pyridine rings is 1. The Bertz CT molecular complexity index is 755. The van der Waals surface area contributed by atoms with Gasteiger partial charge in [-0.3, -0.25) is 4.98 Å². The zero-order valence-corrected chi connectivity index (χ0v) is 15.3. The van der Waals surface area contributed by atoms with Crippen LogP contribution in [0.5, 0.6) is 0 Å². The van der Waals surface area contributed by atoms with E-state index in [2.05, 4.69) is 10.3 Å². The molecule has 1 saturated heterocycles. The zero-order chi connectivity index (χ0) is 14.9. The largest absolute Gasteiger partial charge is 0.315 e. The van der Waals surface area contributed by atoms with E-state index < -0.39 is 10.0 Å². The van der Waals surface area contributed by atoms with Crippen molar-refractivity contribution in [3.63, 3.8) is 0 Å². The average molecular weight is 378 g/mol. The molecule has 2 aromatic rings. The summed E-state index contributed by atoms with van der Waals surface area (Å²) in [6, 6.07) is 7.02. The Kier molecular flexibility index (Phi) is 7.23. The molecule has 1 aliphatic heterocycles. The lowest BCUT2D eigenvalue weighted by Crippen LogP contribution is -2.41. The minimum Gasteiger partial charge on any atom is -0.315 e. The minimum absolute atomic E-state index is 0. The Labute approximate surface area is 149 Å². The van der Waals surface area contributed by atoms with E-state index in [0.717, 1.165) is 23.7 Å². The van der Waals surface area contributed by atoms with E-state index in [9.17, 15) is 8.42 Å². The van der Waals surface area contributed by atoms with E-state index >= 15 is 0 Å². The summed E-state index contributed by atoms with van der Waals surface area (Å²) in [5, 5.41) is 5.11. The van der Waals surface area contributed by atoms with Crippen molar-refractivity contribution in [2.45, 2.75) is 24.3 Å². The fourth-order valence-corrected chi connectivity index (χ4v) is 4.41. The van der Waals surface area contributed by atoms with Crippen LogP contribution in [0.4, 0.5) is 0 Å². The fourth-order valence-electron chi connectivity index (χ4n) is 2.71. The van der Waals surface area contributed by atoms with Crippen LogP contribution in [-0.2, 0) is 10.0 Å². The highest BCUT2D eigenvalue weighted by molar-refractivity contribution is 7.89. The summed E-state index contributed by atoms with van der Waals surface area (Å²) in [5.74, 6) is 0. The van der Waals surface area contributed by atoms with Crippen LogP contribution in [0.1, 0.15) is 13.3 Å². The Morgan fingerprint density at radius 2 is 2.00 bits per heavy atom. The third-order valence-corrected chi connectivity index (χ3v) is 5.89. The van der Waals surface area contributed by atoms with Gasteiger partial charge in [0, 0.05) is 36.9 Å². The van der Waals surface area contributed by atoms with Crippen LogP contribution >= 0.6 is 24.8 Å². The second-order valence-corrected chi connectivity index (χ2v) is 7.30. The third kappa shape index (κ3) is 4.14. The molecular weight excluding hydrogens is 357 g/mol. The van der Waals surface area contributed by atoms with Gasteiger partial charge in [-0.25, -0.2) is 8.42 Å². The molecule has 1 aromatic carbocycles. The molecule has 23 heavy (non-hydrogen) atoms. The monoisotopic (exact) mass is 377 g/mol. The SMILES string of the molecule is C[C@@H]1CNCCCN1S(=O)(=O)c1ccc2cnccc2c1.Cl.Cl. The Hall–Kier alpha value is -0.920. The molecule has 128 valence electrons. The summed E-state index contributed by atoms with van der Waals surface area (Å²) in [6.07, 6.45) is 4.25. The van der Waals surface area contributed by atoms with Gasteiger partial charge >= 0.3 is 0 Å². The van der Waals surface area contributed by atoms with E-state index in [1.165, 1.54) is 0 Å². The zero-order valence-electron chi connectivity index (χ0n) is 12.8. The predicted molar refractivity (Wildman–Crippen MR) is 97.1 cm³/mol. The lowest BCUT2D eigenvalue weighted by molar-refractivity contribution is 0.353. The molecule has 0 amide bonds. The Morgan fingerprint density at radius 1 is 1.22 bits per heavy atom. The lowest BCUT2D eigenvalue weighted by Gasteiger charge is -2.26. The van der Waals surface area contributed by atoms with E-state index in [0.29, 0.717) is 18.0 Å². The van der Waals surface area contributed by atoms with Gasteiger partial charge in [0.2, 0.25) is 10.0 Å². The van der Waals surface area contributed by atoms with Crippen molar-refractivity contribution in [3.05, 3.63) is 36.7 Å². The van der Waals surface area contributed by atoms with Gasteiger partial charge in [-0.15, -0.1) is 24.8 Å². The van der Waals surface area contributed by atoms with E-state index in [1.54, 1.807) is 28.8 Å². The maximum atomic E-state index is 12.9. The van der Waals surface area contributed by atoms with Crippen LogP contribution in [-0.4, -0.2) is 43.4 Å². The molecule has 1 aromatic heterocycles. The van der Waals surface area contributed by atoms with Crippen molar-refractivity contribution >= 4 is 45.6 Å². The molecule has 5 nitrogen and oxygen atoms in total. The standard InChI is InChI=1S/C15H19N3O2S.2ClH/c1-12-10-16-6-2-8-18(12)21(19,20)15-4-3-14-11-17-7-5-13(14)9-15;;/h3-5,7,9,11-12,16H,2,6,8,10H2,1H3;2*1H/t12-;;/m1../s1.